The van der Waals surface area contributed by atoms with Gasteiger partial charge < -0.3 is 14.6 Å². The third-order valence-electron chi connectivity index (χ3n) is 2.43. The van der Waals surface area contributed by atoms with Crippen LogP contribution in [-0.4, -0.2) is 35.9 Å². The summed E-state index contributed by atoms with van der Waals surface area (Å²) in [6, 6.07) is 0.354. The van der Waals surface area contributed by atoms with Crippen LogP contribution in [0, 0.1) is 0 Å². The fraction of sp³-hybridized carbons (Fsp3) is 0.727. The number of aromatic nitrogens is 2. The van der Waals surface area contributed by atoms with E-state index in [1.54, 1.807) is 7.11 Å². The first-order valence-electron chi connectivity index (χ1n) is 5.54. The predicted molar refractivity (Wildman–Crippen MR) is 60.9 cm³/mol. The second-order valence-electron chi connectivity index (χ2n) is 3.54. The van der Waals surface area contributed by atoms with E-state index >= 15 is 0 Å². The summed E-state index contributed by atoms with van der Waals surface area (Å²) in [4.78, 5) is 4.36. The summed E-state index contributed by atoms with van der Waals surface area (Å²) in [5.41, 5.74) is 0. The van der Waals surface area contributed by atoms with Gasteiger partial charge in [-0.25, -0.2) is 4.98 Å². The van der Waals surface area contributed by atoms with Gasteiger partial charge >= 0.3 is 0 Å². The largest absolute Gasteiger partial charge is 0.383 e. The average Bonchev–Trinajstić information content (AvgIpc) is 2.66. The van der Waals surface area contributed by atoms with Crippen LogP contribution >= 0.6 is 0 Å². The van der Waals surface area contributed by atoms with E-state index in [-0.39, 0.29) is 0 Å². The summed E-state index contributed by atoms with van der Waals surface area (Å²) >= 11 is 0. The molecule has 0 saturated heterocycles. The Bertz CT molecular complexity index is 267. The highest BCUT2D eigenvalue weighted by Crippen LogP contribution is 2.02. The van der Waals surface area contributed by atoms with Gasteiger partial charge in [0.2, 0.25) is 0 Å². The molecule has 1 unspecified atom stereocenters. The Balaban J connectivity index is 2.56. The Hall–Kier alpha value is -0.870. The average molecular weight is 211 g/mol. The highest BCUT2D eigenvalue weighted by atomic mass is 16.5. The van der Waals surface area contributed by atoms with Gasteiger partial charge in [-0.15, -0.1) is 0 Å². The van der Waals surface area contributed by atoms with Gasteiger partial charge in [0.15, 0.2) is 0 Å². The van der Waals surface area contributed by atoms with Crippen LogP contribution in [0.3, 0.4) is 0 Å². The lowest BCUT2D eigenvalue weighted by Gasteiger charge is -2.16. The van der Waals surface area contributed by atoms with Gasteiger partial charge in [0.1, 0.15) is 5.82 Å². The van der Waals surface area contributed by atoms with Gasteiger partial charge in [-0.3, -0.25) is 0 Å². The van der Waals surface area contributed by atoms with Crippen molar-refractivity contribution in [3.05, 3.63) is 18.2 Å². The molecule has 0 bridgehead atoms. The minimum atomic E-state index is 0.354. The minimum absolute atomic E-state index is 0.354. The lowest BCUT2D eigenvalue weighted by Crippen LogP contribution is -2.35. The Labute approximate surface area is 91.7 Å². The first kappa shape index (κ1) is 12.2. The van der Waals surface area contributed by atoms with Crippen molar-refractivity contribution in [3.63, 3.8) is 0 Å². The minimum Gasteiger partial charge on any atom is -0.383 e. The third kappa shape index (κ3) is 3.64. The zero-order valence-corrected chi connectivity index (χ0v) is 9.86. The summed E-state index contributed by atoms with van der Waals surface area (Å²) in [6.07, 6.45) is 4.79. The van der Waals surface area contributed by atoms with Gasteiger partial charge in [-0.2, -0.15) is 0 Å². The highest BCUT2D eigenvalue weighted by molar-refractivity contribution is 4.95. The van der Waals surface area contributed by atoms with E-state index in [4.69, 9.17) is 4.74 Å². The molecule has 15 heavy (non-hydrogen) atoms. The number of aryl methyl sites for hydroxylation is 1. The Morgan fingerprint density at radius 3 is 2.93 bits per heavy atom. The lowest BCUT2D eigenvalue weighted by molar-refractivity contribution is 0.165. The number of hydrogen-bond acceptors (Lipinski definition) is 3. The van der Waals surface area contributed by atoms with Gasteiger partial charge in [-0.05, 0) is 13.5 Å². The summed E-state index contributed by atoms with van der Waals surface area (Å²) in [7, 11) is 1.73. The molecule has 1 N–H and O–H groups in total. The van der Waals surface area contributed by atoms with E-state index in [0.717, 1.165) is 31.9 Å². The van der Waals surface area contributed by atoms with Crippen molar-refractivity contribution < 1.29 is 4.74 Å². The molecule has 1 heterocycles. The molecule has 1 atom stereocenters. The quantitative estimate of drug-likeness (QED) is 0.733. The Morgan fingerprint density at radius 2 is 2.33 bits per heavy atom. The van der Waals surface area contributed by atoms with Crippen molar-refractivity contribution in [2.75, 3.05) is 20.3 Å². The smallest absolute Gasteiger partial charge is 0.110 e. The molecule has 1 aromatic heterocycles. The first-order chi connectivity index (χ1) is 7.31. The van der Waals surface area contributed by atoms with Crippen molar-refractivity contribution >= 4 is 0 Å². The van der Waals surface area contributed by atoms with Crippen LogP contribution < -0.4 is 5.32 Å². The standard InChI is InChI=1S/C11H21N3O/c1-4-12-10(9-15-3)8-11-13-6-7-14(11)5-2/h6-7,10,12H,4-5,8-9H2,1-3H3. The number of nitrogens with zero attached hydrogens (tertiary/aromatic N) is 2. The third-order valence-corrected chi connectivity index (χ3v) is 2.43. The Kier molecular flexibility index (Phi) is 5.36. The molecule has 0 saturated carbocycles. The summed E-state index contributed by atoms with van der Waals surface area (Å²) in [5, 5.41) is 3.39. The number of imidazole rings is 1. The fourth-order valence-electron chi connectivity index (χ4n) is 1.72. The van der Waals surface area contributed by atoms with Crippen LogP contribution in [0.1, 0.15) is 19.7 Å². The molecule has 1 aromatic rings. The molecule has 0 amide bonds. The normalized spacial score (nSPS) is 13.0. The van der Waals surface area contributed by atoms with E-state index in [1.807, 2.05) is 12.4 Å². The zero-order chi connectivity index (χ0) is 11.1. The number of methoxy groups -OCH3 is 1. The number of nitrogens with one attached hydrogen (secondary N) is 1. The van der Waals surface area contributed by atoms with Crippen molar-refractivity contribution in [1.29, 1.82) is 0 Å². The number of rotatable bonds is 7. The molecule has 0 spiro atoms. The van der Waals surface area contributed by atoms with Crippen LogP contribution in [0.2, 0.25) is 0 Å². The van der Waals surface area contributed by atoms with E-state index in [9.17, 15) is 0 Å². The number of hydrogen-bond donors (Lipinski definition) is 1. The second kappa shape index (κ2) is 6.58. The molecule has 0 aliphatic rings. The van der Waals surface area contributed by atoms with Crippen LogP contribution in [-0.2, 0) is 17.7 Å². The van der Waals surface area contributed by atoms with Gasteiger partial charge in [0.25, 0.3) is 0 Å². The van der Waals surface area contributed by atoms with Gasteiger partial charge in [0, 0.05) is 38.5 Å². The number of ether oxygens (including phenoxy) is 1. The molecular weight excluding hydrogens is 190 g/mol. The van der Waals surface area contributed by atoms with Crippen LogP contribution in [0.25, 0.3) is 0 Å². The molecule has 4 nitrogen and oxygen atoms in total. The van der Waals surface area contributed by atoms with Crippen LogP contribution in [0.5, 0.6) is 0 Å². The molecule has 1 rings (SSSR count). The highest BCUT2D eigenvalue weighted by Gasteiger charge is 2.11. The number of likely N-dealkylation sites (N-methyl/N-ethyl adjacent to an activating group) is 1. The Morgan fingerprint density at radius 1 is 1.53 bits per heavy atom. The molecule has 0 aliphatic heterocycles. The maximum atomic E-state index is 5.18. The molecule has 0 aromatic carbocycles. The van der Waals surface area contributed by atoms with Crippen molar-refractivity contribution in [2.45, 2.75) is 32.9 Å². The van der Waals surface area contributed by atoms with E-state index in [2.05, 4.69) is 28.7 Å². The van der Waals surface area contributed by atoms with Crippen LogP contribution in [0.4, 0.5) is 0 Å². The molecule has 0 radical (unpaired) electrons. The van der Waals surface area contributed by atoms with Gasteiger partial charge in [0.05, 0.1) is 6.61 Å². The predicted octanol–water partition coefficient (Wildman–Crippen LogP) is 1.07. The molecular formula is C11H21N3O. The van der Waals surface area contributed by atoms with Crippen molar-refractivity contribution in [3.8, 4) is 0 Å². The molecule has 0 fully saturated rings. The summed E-state index contributed by atoms with van der Waals surface area (Å²) in [6.45, 7) is 6.89. The maximum Gasteiger partial charge on any atom is 0.110 e. The SMILES string of the molecule is CCNC(COC)Cc1nccn1CC. The van der Waals surface area contributed by atoms with E-state index in [0.29, 0.717) is 6.04 Å². The molecule has 4 heteroatoms. The topological polar surface area (TPSA) is 39.1 Å². The fourth-order valence-corrected chi connectivity index (χ4v) is 1.72. The van der Waals surface area contributed by atoms with Gasteiger partial charge in [-0.1, -0.05) is 6.92 Å². The lowest BCUT2D eigenvalue weighted by atomic mass is 10.2. The monoisotopic (exact) mass is 211 g/mol. The van der Waals surface area contributed by atoms with E-state index in [1.165, 1.54) is 0 Å². The maximum absolute atomic E-state index is 5.18. The van der Waals surface area contributed by atoms with Crippen molar-refractivity contribution in [1.82, 2.24) is 14.9 Å². The molecule has 0 aliphatic carbocycles. The summed E-state index contributed by atoms with van der Waals surface area (Å²) in [5.74, 6) is 1.13. The second-order valence-corrected chi connectivity index (χ2v) is 3.54. The van der Waals surface area contributed by atoms with E-state index < -0.39 is 0 Å². The first-order valence-corrected chi connectivity index (χ1v) is 5.54. The zero-order valence-electron chi connectivity index (χ0n) is 9.86. The summed E-state index contributed by atoms with van der Waals surface area (Å²) < 4.78 is 7.35. The van der Waals surface area contributed by atoms with Crippen molar-refractivity contribution in [2.24, 2.45) is 0 Å². The van der Waals surface area contributed by atoms with Crippen LogP contribution in [0.15, 0.2) is 12.4 Å². The molecule has 86 valence electrons.